The van der Waals surface area contributed by atoms with Crippen molar-refractivity contribution in [1.82, 2.24) is 15.5 Å². The van der Waals surface area contributed by atoms with Gasteiger partial charge in [0.1, 0.15) is 12.1 Å². The maximum absolute atomic E-state index is 13.7. The second-order valence-corrected chi connectivity index (χ2v) is 7.97. The number of nitrogens with zero attached hydrogens (tertiary/aromatic N) is 1. The number of nitrogens with one attached hydrogen (secondary N) is 2. The quantitative estimate of drug-likeness (QED) is 0.597. The van der Waals surface area contributed by atoms with Crippen LogP contribution < -0.4 is 10.6 Å². The highest BCUT2D eigenvalue weighted by Crippen LogP contribution is 2.29. The Morgan fingerprint density at radius 1 is 1.03 bits per heavy atom. The standard InChI is InChI=1S/C24H21F2N3O3/c1-14(16-8-7-15-5-3-4-6-17(15)11-16)27-21(30)13-29-22(31)24(2,28-23(29)32)18-9-10-19(25)20(26)12-18/h3-12,14H,13H2,1-2H3,(H,27,30)(H,28,32)/t14-,24-/m1/s1. The van der Waals surface area contributed by atoms with E-state index in [1.54, 1.807) is 6.92 Å². The average molecular weight is 437 g/mol. The van der Waals surface area contributed by atoms with Crippen molar-refractivity contribution in [2.24, 2.45) is 0 Å². The molecule has 1 aliphatic heterocycles. The van der Waals surface area contributed by atoms with Crippen LogP contribution in [0.3, 0.4) is 0 Å². The molecular formula is C24H21F2N3O3. The minimum Gasteiger partial charge on any atom is -0.348 e. The van der Waals surface area contributed by atoms with Crippen molar-refractivity contribution in [2.45, 2.75) is 25.4 Å². The van der Waals surface area contributed by atoms with Crippen LogP contribution in [0, 0.1) is 11.6 Å². The molecule has 0 bridgehead atoms. The molecule has 0 radical (unpaired) electrons. The van der Waals surface area contributed by atoms with Crippen LogP contribution in [0.1, 0.15) is 31.0 Å². The van der Waals surface area contributed by atoms with Gasteiger partial charge in [0.15, 0.2) is 11.6 Å². The summed E-state index contributed by atoms with van der Waals surface area (Å²) in [5.41, 5.74) is -0.640. The van der Waals surface area contributed by atoms with E-state index in [-0.39, 0.29) is 11.6 Å². The summed E-state index contributed by atoms with van der Waals surface area (Å²) in [6, 6.07) is 15.5. The number of benzene rings is 3. The molecule has 0 saturated carbocycles. The van der Waals surface area contributed by atoms with Crippen molar-refractivity contribution in [2.75, 3.05) is 6.54 Å². The maximum atomic E-state index is 13.7. The first kappa shape index (κ1) is 21.4. The van der Waals surface area contributed by atoms with Crippen molar-refractivity contribution >= 4 is 28.6 Å². The van der Waals surface area contributed by atoms with Crippen LogP contribution in [0.4, 0.5) is 13.6 Å². The number of hydrogen-bond acceptors (Lipinski definition) is 3. The molecule has 1 saturated heterocycles. The van der Waals surface area contributed by atoms with Crippen LogP contribution in [0.25, 0.3) is 10.8 Å². The molecule has 0 spiro atoms. The van der Waals surface area contributed by atoms with E-state index in [1.165, 1.54) is 13.0 Å². The fourth-order valence-electron chi connectivity index (χ4n) is 3.83. The molecule has 3 aromatic rings. The Balaban J connectivity index is 1.47. The molecule has 6 nitrogen and oxygen atoms in total. The summed E-state index contributed by atoms with van der Waals surface area (Å²) in [6.07, 6.45) is 0. The summed E-state index contributed by atoms with van der Waals surface area (Å²) in [7, 11) is 0. The number of fused-ring (bicyclic) bond motifs is 1. The van der Waals surface area contributed by atoms with Gasteiger partial charge in [0.05, 0.1) is 6.04 Å². The van der Waals surface area contributed by atoms with Gasteiger partial charge in [0.2, 0.25) is 5.91 Å². The molecule has 2 atom stereocenters. The van der Waals surface area contributed by atoms with Gasteiger partial charge in [-0.15, -0.1) is 0 Å². The molecule has 0 aliphatic carbocycles. The first-order valence-electron chi connectivity index (χ1n) is 10.1. The van der Waals surface area contributed by atoms with E-state index in [4.69, 9.17) is 0 Å². The second-order valence-electron chi connectivity index (χ2n) is 7.97. The number of imide groups is 1. The highest BCUT2D eigenvalue weighted by atomic mass is 19.2. The Morgan fingerprint density at radius 2 is 1.75 bits per heavy atom. The first-order valence-corrected chi connectivity index (χ1v) is 10.1. The molecular weight excluding hydrogens is 416 g/mol. The van der Waals surface area contributed by atoms with E-state index < -0.39 is 41.6 Å². The number of rotatable bonds is 5. The van der Waals surface area contributed by atoms with Gasteiger partial charge in [-0.2, -0.15) is 0 Å². The number of amides is 4. The number of halogens is 2. The van der Waals surface area contributed by atoms with E-state index in [9.17, 15) is 23.2 Å². The van der Waals surface area contributed by atoms with Gasteiger partial charge in [0.25, 0.3) is 5.91 Å². The number of carbonyl (C=O) groups excluding carboxylic acids is 3. The van der Waals surface area contributed by atoms with Crippen molar-refractivity contribution < 1.29 is 23.2 Å². The minimum atomic E-state index is -1.60. The molecule has 3 aromatic carbocycles. The third-order valence-corrected chi connectivity index (χ3v) is 5.72. The Bertz CT molecular complexity index is 1250. The smallest absolute Gasteiger partial charge is 0.325 e. The molecule has 8 heteroatoms. The molecule has 1 heterocycles. The SMILES string of the molecule is C[C@@H](NC(=O)CN1C(=O)N[C@](C)(c2ccc(F)c(F)c2)C1=O)c1ccc2ccccc2c1. The zero-order chi connectivity index (χ0) is 23.0. The molecule has 1 fully saturated rings. The largest absolute Gasteiger partial charge is 0.348 e. The van der Waals surface area contributed by atoms with Gasteiger partial charge in [0, 0.05) is 0 Å². The fourth-order valence-corrected chi connectivity index (χ4v) is 3.83. The maximum Gasteiger partial charge on any atom is 0.325 e. The second kappa shape index (κ2) is 8.03. The van der Waals surface area contributed by atoms with Crippen molar-refractivity contribution in [1.29, 1.82) is 0 Å². The third kappa shape index (κ3) is 3.79. The zero-order valence-corrected chi connectivity index (χ0v) is 17.5. The van der Waals surface area contributed by atoms with Gasteiger partial charge in [-0.3, -0.25) is 14.5 Å². The van der Waals surface area contributed by atoms with Gasteiger partial charge >= 0.3 is 6.03 Å². The van der Waals surface area contributed by atoms with Crippen molar-refractivity contribution in [3.05, 3.63) is 83.4 Å². The molecule has 4 rings (SSSR count). The summed E-state index contributed by atoms with van der Waals surface area (Å²) in [6.45, 7) is 2.69. The Hall–Kier alpha value is -3.81. The minimum absolute atomic E-state index is 0.0854. The average Bonchev–Trinajstić information content (AvgIpc) is 2.99. The molecule has 164 valence electrons. The molecule has 0 aromatic heterocycles. The summed E-state index contributed by atoms with van der Waals surface area (Å²) in [4.78, 5) is 38.7. The summed E-state index contributed by atoms with van der Waals surface area (Å²) < 4.78 is 26.9. The number of carbonyl (C=O) groups is 3. The lowest BCUT2D eigenvalue weighted by atomic mass is 9.92. The third-order valence-electron chi connectivity index (χ3n) is 5.72. The molecule has 1 aliphatic rings. The predicted octanol–water partition coefficient (Wildman–Crippen LogP) is 3.76. The lowest BCUT2D eigenvalue weighted by Crippen LogP contribution is -2.43. The van der Waals surface area contributed by atoms with Gasteiger partial charge in [-0.05, 0) is 53.9 Å². The van der Waals surface area contributed by atoms with E-state index in [2.05, 4.69) is 10.6 Å². The van der Waals surface area contributed by atoms with E-state index in [0.717, 1.165) is 33.4 Å². The normalized spacial score (nSPS) is 19.2. The van der Waals surface area contributed by atoms with Crippen molar-refractivity contribution in [3.8, 4) is 0 Å². The van der Waals surface area contributed by atoms with E-state index in [1.807, 2.05) is 42.5 Å². The van der Waals surface area contributed by atoms with Gasteiger partial charge < -0.3 is 10.6 Å². The van der Waals surface area contributed by atoms with Gasteiger partial charge in [-0.1, -0.05) is 42.5 Å². The molecule has 32 heavy (non-hydrogen) atoms. The van der Waals surface area contributed by atoms with Crippen LogP contribution in [-0.4, -0.2) is 29.3 Å². The summed E-state index contributed by atoms with van der Waals surface area (Å²) in [5.74, 6) is -3.44. The van der Waals surface area contributed by atoms with Crippen LogP contribution in [0.5, 0.6) is 0 Å². The monoisotopic (exact) mass is 437 g/mol. The van der Waals surface area contributed by atoms with Crippen LogP contribution >= 0.6 is 0 Å². The topological polar surface area (TPSA) is 78.5 Å². The van der Waals surface area contributed by atoms with E-state index in [0.29, 0.717) is 0 Å². The molecule has 2 N–H and O–H groups in total. The van der Waals surface area contributed by atoms with Crippen molar-refractivity contribution in [3.63, 3.8) is 0 Å². The lowest BCUT2D eigenvalue weighted by molar-refractivity contribution is -0.135. The predicted molar refractivity (Wildman–Crippen MR) is 114 cm³/mol. The summed E-state index contributed by atoms with van der Waals surface area (Å²) in [5, 5.41) is 7.37. The fraction of sp³-hybridized carbons (Fsp3) is 0.208. The van der Waals surface area contributed by atoms with E-state index >= 15 is 0 Å². The highest BCUT2D eigenvalue weighted by molar-refractivity contribution is 6.09. The molecule has 0 unspecified atom stereocenters. The highest BCUT2D eigenvalue weighted by Gasteiger charge is 2.49. The van der Waals surface area contributed by atoms with Crippen LogP contribution in [0.2, 0.25) is 0 Å². The van der Waals surface area contributed by atoms with Crippen LogP contribution in [-0.2, 0) is 15.1 Å². The zero-order valence-electron chi connectivity index (χ0n) is 17.5. The summed E-state index contributed by atoms with van der Waals surface area (Å²) >= 11 is 0. The number of hydrogen-bond donors (Lipinski definition) is 2. The molecule has 4 amide bonds. The Morgan fingerprint density at radius 3 is 2.47 bits per heavy atom. The Kier molecular flexibility index (Phi) is 5.38. The Labute approximate surface area is 183 Å². The number of urea groups is 1. The lowest BCUT2D eigenvalue weighted by Gasteiger charge is -2.22. The van der Waals surface area contributed by atoms with Gasteiger partial charge in [-0.25, -0.2) is 13.6 Å². The first-order chi connectivity index (χ1) is 15.2. The van der Waals surface area contributed by atoms with Crippen LogP contribution in [0.15, 0.2) is 60.7 Å².